The molecule has 4 rings (SSSR count). The van der Waals surface area contributed by atoms with E-state index in [1.165, 1.54) is 0 Å². The van der Waals surface area contributed by atoms with Crippen molar-refractivity contribution in [2.45, 2.75) is 44.9 Å². The molecular weight excluding hydrogens is 400 g/mol. The van der Waals surface area contributed by atoms with Crippen molar-refractivity contribution in [2.75, 3.05) is 13.1 Å². The molecule has 0 spiro atoms. The maximum atomic E-state index is 12.5. The van der Waals surface area contributed by atoms with Gasteiger partial charge in [-0.15, -0.1) is 0 Å². The maximum absolute atomic E-state index is 12.5. The third-order valence-corrected chi connectivity index (χ3v) is 5.68. The van der Waals surface area contributed by atoms with Crippen molar-refractivity contribution in [3.05, 3.63) is 90.0 Å². The number of carbonyl (C=O) groups is 1. The Bertz CT molecular complexity index is 972. The van der Waals surface area contributed by atoms with Crippen LogP contribution >= 0.6 is 0 Å². The first-order valence-electron chi connectivity index (χ1n) is 11.3. The second kappa shape index (κ2) is 10.9. The zero-order valence-electron chi connectivity index (χ0n) is 18.5. The van der Waals surface area contributed by atoms with Crippen LogP contribution in [0.4, 0.5) is 0 Å². The van der Waals surface area contributed by atoms with Gasteiger partial charge < -0.3 is 10.1 Å². The lowest BCUT2D eigenvalue weighted by Crippen LogP contribution is -2.38. The Labute approximate surface area is 189 Å². The van der Waals surface area contributed by atoms with Crippen LogP contribution in [0.25, 0.3) is 0 Å². The van der Waals surface area contributed by atoms with Gasteiger partial charge in [-0.05, 0) is 68.3 Å². The average Bonchev–Trinajstić information content (AvgIpc) is 2.82. The first-order valence-corrected chi connectivity index (χ1v) is 11.3. The van der Waals surface area contributed by atoms with Crippen LogP contribution in [0.3, 0.4) is 0 Å². The number of hydrogen-bond acceptors (Lipinski definition) is 5. The van der Waals surface area contributed by atoms with Gasteiger partial charge in [0.2, 0.25) is 0 Å². The zero-order chi connectivity index (χ0) is 22.2. The number of rotatable bonds is 8. The number of benzene rings is 1. The molecule has 0 unspecified atom stereocenters. The monoisotopic (exact) mass is 430 g/mol. The molecule has 1 aromatic carbocycles. The van der Waals surface area contributed by atoms with E-state index in [-0.39, 0.29) is 18.1 Å². The molecule has 32 heavy (non-hydrogen) atoms. The van der Waals surface area contributed by atoms with Gasteiger partial charge in [0, 0.05) is 55.7 Å². The highest BCUT2D eigenvalue weighted by Crippen LogP contribution is 2.20. The van der Waals surface area contributed by atoms with Gasteiger partial charge in [-0.3, -0.25) is 19.7 Å². The van der Waals surface area contributed by atoms with Crippen molar-refractivity contribution in [1.82, 2.24) is 20.2 Å². The Morgan fingerprint density at radius 1 is 1.00 bits per heavy atom. The lowest BCUT2D eigenvalue weighted by molar-refractivity contribution is 0.0937. The van der Waals surface area contributed by atoms with Gasteiger partial charge in [0.05, 0.1) is 5.69 Å². The molecule has 1 fully saturated rings. The van der Waals surface area contributed by atoms with E-state index in [0.29, 0.717) is 12.0 Å². The Balaban J connectivity index is 1.22. The second-order valence-electron chi connectivity index (χ2n) is 8.34. The molecule has 1 amide bonds. The van der Waals surface area contributed by atoms with Crippen molar-refractivity contribution in [3.63, 3.8) is 0 Å². The number of nitrogens with zero attached hydrogens (tertiary/aromatic N) is 3. The number of aromatic nitrogens is 2. The smallest absolute Gasteiger partial charge is 0.251 e. The Kier molecular flexibility index (Phi) is 7.46. The summed E-state index contributed by atoms with van der Waals surface area (Å²) < 4.78 is 6.17. The van der Waals surface area contributed by atoms with E-state index >= 15 is 0 Å². The molecule has 3 heterocycles. The van der Waals surface area contributed by atoms with Gasteiger partial charge in [0.1, 0.15) is 11.9 Å². The number of piperidine rings is 1. The van der Waals surface area contributed by atoms with E-state index in [1.54, 1.807) is 6.20 Å². The number of hydrogen-bond donors (Lipinski definition) is 1. The van der Waals surface area contributed by atoms with Crippen LogP contribution < -0.4 is 10.1 Å². The minimum atomic E-state index is -0.0807. The lowest BCUT2D eigenvalue weighted by atomic mass is 10.1. The molecule has 3 aromatic rings. The van der Waals surface area contributed by atoms with Crippen LogP contribution in [0.5, 0.6) is 5.75 Å². The fraction of sp³-hybridized carbons (Fsp3) is 0.346. The minimum Gasteiger partial charge on any atom is -0.490 e. The molecule has 0 aliphatic carbocycles. The van der Waals surface area contributed by atoms with Crippen molar-refractivity contribution in [3.8, 4) is 5.75 Å². The standard InChI is InChI=1S/C26H30N4O2/c1-20(18-22-6-2-4-14-27-22)29-26(31)21-8-10-24(11-9-21)32-25-12-16-30(17-13-25)19-23-7-3-5-15-28-23/h2-11,14-15,20,25H,12-13,16-19H2,1H3,(H,29,31)/t20-/m1/s1. The van der Waals surface area contributed by atoms with Crippen molar-refractivity contribution < 1.29 is 9.53 Å². The molecule has 166 valence electrons. The summed E-state index contributed by atoms with van der Waals surface area (Å²) in [6, 6.07) is 19.3. The van der Waals surface area contributed by atoms with Crippen LogP contribution in [0.2, 0.25) is 0 Å². The Morgan fingerprint density at radius 3 is 2.28 bits per heavy atom. The van der Waals surface area contributed by atoms with E-state index < -0.39 is 0 Å². The van der Waals surface area contributed by atoms with E-state index in [9.17, 15) is 4.79 Å². The van der Waals surface area contributed by atoms with Crippen molar-refractivity contribution >= 4 is 5.91 Å². The third kappa shape index (κ3) is 6.37. The summed E-state index contributed by atoms with van der Waals surface area (Å²) in [6.45, 7) is 4.87. The topological polar surface area (TPSA) is 67.3 Å². The molecular formula is C26H30N4O2. The van der Waals surface area contributed by atoms with Crippen LogP contribution in [0, 0.1) is 0 Å². The summed E-state index contributed by atoms with van der Waals surface area (Å²) >= 11 is 0. The number of amides is 1. The highest BCUT2D eigenvalue weighted by molar-refractivity contribution is 5.94. The SMILES string of the molecule is C[C@H](Cc1ccccn1)NC(=O)c1ccc(OC2CCN(Cc3ccccn3)CC2)cc1. The van der Waals surface area contributed by atoms with E-state index in [0.717, 1.165) is 49.6 Å². The second-order valence-corrected chi connectivity index (χ2v) is 8.34. The van der Waals surface area contributed by atoms with Crippen LogP contribution in [-0.4, -0.2) is 46.0 Å². The predicted octanol–water partition coefficient (Wildman–Crippen LogP) is 3.88. The van der Waals surface area contributed by atoms with Crippen molar-refractivity contribution in [1.29, 1.82) is 0 Å². The Morgan fingerprint density at radius 2 is 1.66 bits per heavy atom. The van der Waals surface area contributed by atoms with Crippen molar-refractivity contribution in [2.24, 2.45) is 0 Å². The first-order chi connectivity index (χ1) is 15.7. The van der Waals surface area contributed by atoms with Gasteiger partial charge in [-0.2, -0.15) is 0 Å². The normalized spacial score (nSPS) is 15.8. The van der Waals surface area contributed by atoms with E-state index in [1.807, 2.05) is 67.7 Å². The quantitative estimate of drug-likeness (QED) is 0.587. The summed E-state index contributed by atoms with van der Waals surface area (Å²) in [4.78, 5) is 23.7. The molecule has 1 aliphatic rings. The maximum Gasteiger partial charge on any atom is 0.251 e. The number of likely N-dealkylation sites (tertiary alicyclic amines) is 1. The highest BCUT2D eigenvalue weighted by Gasteiger charge is 2.21. The summed E-state index contributed by atoms with van der Waals surface area (Å²) in [5.74, 6) is 0.731. The third-order valence-electron chi connectivity index (χ3n) is 5.68. The first kappa shape index (κ1) is 22.0. The lowest BCUT2D eigenvalue weighted by Gasteiger charge is -2.31. The molecule has 1 N–H and O–H groups in total. The van der Waals surface area contributed by atoms with Gasteiger partial charge >= 0.3 is 0 Å². The molecule has 1 atom stereocenters. The molecule has 0 saturated carbocycles. The number of pyridine rings is 2. The number of nitrogens with one attached hydrogen (secondary N) is 1. The molecule has 1 saturated heterocycles. The fourth-order valence-electron chi connectivity index (χ4n) is 3.97. The molecule has 6 heteroatoms. The van der Waals surface area contributed by atoms with Gasteiger partial charge in [-0.1, -0.05) is 12.1 Å². The molecule has 6 nitrogen and oxygen atoms in total. The van der Waals surface area contributed by atoms with Crippen LogP contribution in [-0.2, 0) is 13.0 Å². The van der Waals surface area contributed by atoms with Crippen LogP contribution in [0.1, 0.15) is 41.5 Å². The molecule has 2 aromatic heterocycles. The summed E-state index contributed by atoms with van der Waals surface area (Å²) in [5, 5.41) is 3.04. The summed E-state index contributed by atoms with van der Waals surface area (Å²) in [7, 11) is 0. The number of ether oxygens (including phenoxy) is 1. The van der Waals surface area contributed by atoms with Gasteiger partial charge in [-0.25, -0.2) is 0 Å². The summed E-state index contributed by atoms with van der Waals surface area (Å²) in [6.07, 6.45) is 6.49. The fourth-order valence-corrected chi connectivity index (χ4v) is 3.97. The number of carbonyl (C=O) groups excluding carboxylic acids is 1. The molecule has 0 radical (unpaired) electrons. The van der Waals surface area contributed by atoms with Gasteiger partial charge in [0.15, 0.2) is 0 Å². The molecule has 0 bridgehead atoms. The van der Waals surface area contributed by atoms with Gasteiger partial charge in [0.25, 0.3) is 5.91 Å². The molecule has 1 aliphatic heterocycles. The Hall–Kier alpha value is -3.25. The summed E-state index contributed by atoms with van der Waals surface area (Å²) in [5.41, 5.74) is 2.71. The predicted molar refractivity (Wildman–Crippen MR) is 124 cm³/mol. The largest absolute Gasteiger partial charge is 0.490 e. The minimum absolute atomic E-state index is 0.00426. The van der Waals surface area contributed by atoms with Crippen LogP contribution in [0.15, 0.2) is 73.1 Å². The highest BCUT2D eigenvalue weighted by atomic mass is 16.5. The zero-order valence-corrected chi connectivity index (χ0v) is 18.5. The van der Waals surface area contributed by atoms with E-state index in [4.69, 9.17) is 4.74 Å². The van der Waals surface area contributed by atoms with E-state index in [2.05, 4.69) is 26.3 Å². The average molecular weight is 431 g/mol.